The fraction of sp³-hybridized carbons (Fsp3) is 0.688. The van der Waals surface area contributed by atoms with E-state index in [2.05, 4.69) is 40.8 Å². The molecule has 0 aromatic carbocycles. The molecule has 20 heavy (non-hydrogen) atoms. The van der Waals surface area contributed by atoms with E-state index in [-0.39, 0.29) is 0 Å². The first kappa shape index (κ1) is 15.3. The summed E-state index contributed by atoms with van der Waals surface area (Å²) in [6.07, 6.45) is 1.99. The molecule has 4 heteroatoms. The van der Waals surface area contributed by atoms with Gasteiger partial charge in [0, 0.05) is 38.4 Å². The average Bonchev–Trinajstić information content (AvgIpc) is 2.38. The van der Waals surface area contributed by atoms with Gasteiger partial charge in [-0.1, -0.05) is 13.8 Å². The van der Waals surface area contributed by atoms with E-state index in [1.807, 2.05) is 20.0 Å². The Labute approximate surface area is 122 Å². The van der Waals surface area contributed by atoms with Gasteiger partial charge in [0.25, 0.3) is 0 Å². The van der Waals surface area contributed by atoms with Crippen molar-refractivity contribution in [2.75, 3.05) is 37.6 Å². The minimum Gasteiger partial charge on any atom is -0.389 e. The molecule has 0 aliphatic carbocycles. The zero-order valence-electron chi connectivity index (χ0n) is 13.1. The molecule has 1 aromatic heterocycles. The van der Waals surface area contributed by atoms with Gasteiger partial charge in [0.05, 0.1) is 17.5 Å². The molecule has 1 fully saturated rings. The van der Waals surface area contributed by atoms with Crippen LogP contribution in [0.4, 0.5) is 5.69 Å². The van der Waals surface area contributed by atoms with Crippen molar-refractivity contribution in [1.29, 1.82) is 0 Å². The molecule has 0 unspecified atom stereocenters. The molecule has 2 rings (SSSR count). The van der Waals surface area contributed by atoms with Crippen LogP contribution in [0.3, 0.4) is 0 Å². The third-order valence-corrected chi connectivity index (χ3v) is 3.71. The maximum absolute atomic E-state index is 9.87. The fourth-order valence-electron chi connectivity index (χ4n) is 2.64. The van der Waals surface area contributed by atoms with Crippen LogP contribution in [0, 0.1) is 0 Å². The highest BCUT2D eigenvalue weighted by Crippen LogP contribution is 2.19. The van der Waals surface area contributed by atoms with Crippen LogP contribution in [0.1, 0.15) is 39.3 Å². The van der Waals surface area contributed by atoms with Gasteiger partial charge >= 0.3 is 0 Å². The molecule has 2 heterocycles. The molecule has 1 aliphatic heterocycles. The molecular weight excluding hydrogens is 250 g/mol. The molecule has 4 nitrogen and oxygen atoms in total. The van der Waals surface area contributed by atoms with Gasteiger partial charge in [0.15, 0.2) is 0 Å². The highest BCUT2D eigenvalue weighted by Gasteiger charge is 2.22. The Morgan fingerprint density at radius 2 is 1.85 bits per heavy atom. The van der Waals surface area contributed by atoms with E-state index >= 15 is 0 Å². The molecule has 1 aliphatic rings. The van der Waals surface area contributed by atoms with Gasteiger partial charge in [-0.05, 0) is 31.9 Å². The second-order valence-corrected chi connectivity index (χ2v) is 6.67. The summed E-state index contributed by atoms with van der Waals surface area (Å²) in [5.41, 5.74) is 1.74. The van der Waals surface area contributed by atoms with Crippen molar-refractivity contribution >= 4 is 5.69 Å². The molecule has 0 amide bonds. The minimum absolute atomic E-state index is 0.479. The maximum Gasteiger partial charge on any atom is 0.0718 e. The number of piperazine rings is 1. The first-order valence-electron chi connectivity index (χ1n) is 7.51. The Bertz CT molecular complexity index is 414. The number of nitrogens with zero attached hydrogens (tertiary/aromatic N) is 3. The van der Waals surface area contributed by atoms with Crippen molar-refractivity contribution in [1.82, 2.24) is 9.88 Å². The van der Waals surface area contributed by atoms with Crippen LogP contribution in [-0.2, 0) is 0 Å². The number of aromatic nitrogens is 1. The molecular formula is C16H27N3O. The highest BCUT2D eigenvalue weighted by molar-refractivity contribution is 5.45. The van der Waals surface area contributed by atoms with E-state index in [0.29, 0.717) is 5.92 Å². The Balaban J connectivity index is 1.90. The average molecular weight is 277 g/mol. The second kappa shape index (κ2) is 6.10. The number of β-amino-alcohol motifs (C(OH)–C–C–N with tert-alkyl or cyclic N) is 1. The third-order valence-electron chi connectivity index (χ3n) is 3.71. The van der Waals surface area contributed by atoms with E-state index in [4.69, 9.17) is 0 Å². The third kappa shape index (κ3) is 4.18. The van der Waals surface area contributed by atoms with Crippen molar-refractivity contribution in [3.05, 3.63) is 24.0 Å². The van der Waals surface area contributed by atoms with Gasteiger partial charge in [-0.25, -0.2) is 0 Å². The molecule has 0 atom stereocenters. The lowest BCUT2D eigenvalue weighted by atomic mass is 10.1. The van der Waals surface area contributed by atoms with E-state index in [1.165, 1.54) is 5.69 Å². The van der Waals surface area contributed by atoms with Crippen LogP contribution in [0.25, 0.3) is 0 Å². The van der Waals surface area contributed by atoms with Crippen LogP contribution in [0.2, 0.25) is 0 Å². The summed E-state index contributed by atoms with van der Waals surface area (Å²) in [4.78, 5) is 9.24. The smallest absolute Gasteiger partial charge is 0.0718 e. The molecule has 0 spiro atoms. The molecule has 0 radical (unpaired) electrons. The second-order valence-electron chi connectivity index (χ2n) is 6.67. The predicted molar refractivity (Wildman–Crippen MR) is 83.3 cm³/mol. The number of hydrogen-bond donors (Lipinski definition) is 1. The quantitative estimate of drug-likeness (QED) is 0.915. The number of anilines is 1. The number of hydrogen-bond acceptors (Lipinski definition) is 4. The highest BCUT2D eigenvalue weighted by atomic mass is 16.3. The van der Waals surface area contributed by atoms with Crippen LogP contribution in [0.5, 0.6) is 0 Å². The summed E-state index contributed by atoms with van der Waals surface area (Å²) in [5, 5.41) is 9.87. The molecule has 0 saturated carbocycles. The number of pyridine rings is 1. The molecule has 0 bridgehead atoms. The topological polar surface area (TPSA) is 39.6 Å². The molecule has 1 saturated heterocycles. The lowest BCUT2D eigenvalue weighted by molar-refractivity contribution is 0.0345. The summed E-state index contributed by atoms with van der Waals surface area (Å²) < 4.78 is 0. The lowest BCUT2D eigenvalue weighted by Crippen LogP contribution is -2.50. The van der Waals surface area contributed by atoms with Crippen molar-refractivity contribution in [3.8, 4) is 0 Å². The van der Waals surface area contributed by atoms with Crippen LogP contribution >= 0.6 is 0 Å². The first-order chi connectivity index (χ1) is 9.35. The molecule has 1 aromatic rings. The van der Waals surface area contributed by atoms with Gasteiger partial charge in [0.1, 0.15) is 0 Å². The van der Waals surface area contributed by atoms with Gasteiger partial charge in [-0.2, -0.15) is 0 Å². The van der Waals surface area contributed by atoms with Gasteiger partial charge in [-0.3, -0.25) is 9.88 Å². The summed E-state index contributed by atoms with van der Waals surface area (Å²) in [5.74, 6) is 0.479. The van der Waals surface area contributed by atoms with Crippen LogP contribution in [-0.4, -0.2) is 53.3 Å². The van der Waals surface area contributed by atoms with E-state index in [9.17, 15) is 5.11 Å². The van der Waals surface area contributed by atoms with E-state index in [1.54, 1.807) is 0 Å². The Morgan fingerprint density at radius 1 is 1.20 bits per heavy atom. The Kier molecular flexibility index (Phi) is 4.66. The van der Waals surface area contributed by atoms with E-state index in [0.717, 1.165) is 38.4 Å². The normalized spacial score (nSPS) is 17.8. The van der Waals surface area contributed by atoms with Crippen molar-refractivity contribution in [2.45, 2.75) is 39.2 Å². The van der Waals surface area contributed by atoms with Gasteiger partial charge in [-0.15, -0.1) is 0 Å². The standard InChI is InChI=1S/C16H27N3O/c1-13(2)15-6-5-14(11-17-15)19-9-7-18(8-10-19)12-16(3,4)20/h5-6,11,13,20H,7-10,12H2,1-4H3. The largest absolute Gasteiger partial charge is 0.389 e. The van der Waals surface area contributed by atoms with Gasteiger partial charge in [0.2, 0.25) is 0 Å². The summed E-state index contributed by atoms with van der Waals surface area (Å²) >= 11 is 0. The molecule has 112 valence electrons. The van der Waals surface area contributed by atoms with Crippen molar-refractivity contribution < 1.29 is 5.11 Å². The zero-order valence-corrected chi connectivity index (χ0v) is 13.1. The maximum atomic E-state index is 9.87. The first-order valence-corrected chi connectivity index (χ1v) is 7.51. The van der Waals surface area contributed by atoms with Crippen molar-refractivity contribution in [3.63, 3.8) is 0 Å². The van der Waals surface area contributed by atoms with Crippen LogP contribution in [0.15, 0.2) is 18.3 Å². The Hall–Kier alpha value is -1.13. The lowest BCUT2D eigenvalue weighted by Gasteiger charge is -2.38. The number of rotatable bonds is 4. The van der Waals surface area contributed by atoms with Crippen LogP contribution < -0.4 is 4.90 Å². The fourth-order valence-corrected chi connectivity index (χ4v) is 2.64. The summed E-state index contributed by atoms with van der Waals surface area (Å²) in [6, 6.07) is 4.30. The van der Waals surface area contributed by atoms with E-state index < -0.39 is 5.60 Å². The zero-order chi connectivity index (χ0) is 14.8. The minimum atomic E-state index is -0.608. The molecule has 1 N–H and O–H groups in total. The van der Waals surface area contributed by atoms with Crippen molar-refractivity contribution in [2.24, 2.45) is 0 Å². The van der Waals surface area contributed by atoms with Gasteiger partial charge < -0.3 is 10.0 Å². The summed E-state index contributed by atoms with van der Waals surface area (Å²) in [7, 11) is 0. The monoisotopic (exact) mass is 277 g/mol. The number of aliphatic hydroxyl groups is 1. The Morgan fingerprint density at radius 3 is 2.30 bits per heavy atom. The predicted octanol–water partition coefficient (Wildman–Crippen LogP) is 2.10. The summed E-state index contributed by atoms with van der Waals surface area (Å²) in [6.45, 7) is 12.8. The SMILES string of the molecule is CC(C)c1ccc(N2CCN(CC(C)(C)O)CC2)cn1.